The van der Waals surface area contributed by atoms with Crippen molar-refractivity contribution < 1.29 is 9.53 Å². The number of ether oxygens (including phenoxy) is 1. The van der Waals surface area contributed by atoms with Gasteiger partial charge < -0.3 is 20.3 Å². The summed E-state index contributed by atoms with van der Waals surface area (Å²) >= 11 is 0. The van der Waals surface area contributed by atoms with Gasteiger partial charge in [0.2, 0.25) is 5.91 Å². The highest BCUT2D eigenvalue weighted by molar-refractivity contribution is 5.87. The third-order valence-corrected chi connectivity index (χ3v) is 3.76. The van der Waals surface area contributed by atoms with Gasteiger partial charge in [0.25, 0.3) is 0 Å². The number of likely N-dealkylation sites (N-methyl/N-ethyl adjacent to an activating group) is 1. The van der Waals surface area contributed by atoms with Gasteiger partial charge in [-0.1, -0.05) is 0 Å². The molecule has 0 saturated carbocycles. The number of amides is 1. The van der Waals surface area contributed by atoms with Crippen LogP contribution in [0.25, 0.3) is 0 Å². The zero-order valence-corrected chi connectivity index (χ0v) is 11.7. The summed E-state index contributed by atoms with van der Waals surface area (Å²) in [6.45, 7) is 3.15. The molecule has 0 aromatic heterocycles. The third kappa shape index (κ3) is 2.51. The normalized spacial score (nSPS) is 23.7. The van der Waals surface area contributed by atoms with Crippen LogP contribution in [-0.2, 0) is 4.79 Å². The highest BCUT2D eigenvalue weighted by atomic mass is 16.5. The van der Waals surface area contributed by atoms with Crippen molar-refractivity contribution in [2.45, 2.75) is 19.0 Å². The molecular weight excluding hydrogens is 242 g/mol. The molecule has 1 aliphatic rings. The van der Waals surface area contributed by atoms with Crippen molar-refractivity contribution in [1.82, 2.24) is 4.90 Å². The number of carbonyl (C=O) groups is 1. The van der Waals surface area contributed by atoms with Crippen LogP contribution in [0, 0.1) is 0 Å². The van der Waals surface area contributed by atoms with Crippen molar-refractivity contribution in [2.75, 3.05) is 32.1 Å². The number of methoxy groups -OCH3 is 1. The van der Waals surface area contributed by atoms with E-state index in [4.69, 9.17) is 10.5 Å². The number of nitrogens with zero attached hydrogens (tertiary/aromatic N) is 2. The fraction of sp³-hybridized carbons (Fsp3) is 0.500. The SMILES string of the molecule is COc1ccc(N2CC(C)N(C)C(=O)C2CN)cc1. The van der Waals surface area contributed by atoms with Crippen LogP contribution in [0.1, 0.15) is 6.92 Å². The molecule has 2 N–H and O–H groups in total. The van der Waals surface area contributed by atoms with E-state index in [1.165, 1.54) is 0 Å². The van der Waals surface area contributed by atoms with Gasteiger partial charge in [-0.3, -0.25) is 4.79 Å². The first kappa shape index (κ1) is 13.7. The minimum absolute atomic E-state index is 0.0806. The Hall–Kier alpha value is -1.75. The molecule has 19 heavy (non-hydrogen) atoms. The fourth-order valence-corrected chi connectivity index (χ4v) is 2.41. The second kappa shape index (κ2) is 5.48. The Balaban J connectivity index is 2.27. The van der Waals surface area contributed by atoms with Gasteiger partial charge >= 0.3 is 0 Å². The maximum absolute atomic E-state index is 12.3. The van der Waals surface area contributed by atoms with Crippen molar-refractivity contribution in [3.05, 3.63) is 24.3 Å². The van der Waals surface area contributed by atoms with Gasteiger partial charge in [-0.05, 0) is 31.2 Å². The molecular formula is C14H21N3O2. The molecule has 5 nitrogen and oxygen atoms in total. The lowest BCUT2D eigenvalue weighted by Gasteiger charge is -2.44. The molecule has 1 aliphatic heterocycles. The lowest BCUT2D eigenvalue weighted by atomic mass is 10.1. The summed E-state index contributed by atoms with van der Waals surface area (Å²) in [5.41, 5.74) is 6.78. The maximum atomic E-state index is 12.3. The first-order valence-corrected chi connectivity index (χ1v) is 6.46. The van der Waals surface area contributed by atoms with Crippen molar-refractivity contribution >= 4 is 11.6 Å². The van der Waals surface area contributed by atoms with Crippen molar-refractivity contribution in [2.24, 2.45) is 5.73 Å². The number of carbonyl (C=O) groups excluding carboxylic acids is 1. The van der Waals surface area contributed by atoms with Gasteiger partial charge in [-0.25, -0.2) is 0 Å². The molecule has 1 aromatic carbocycles. The molecule has 1 amide bonds. The number of nitrogens with two attached hydrogens (primary N) is 1. The van der Waals surface area contributed by atoms with Crippen LogP contribution in [0.5, 0.6) is 5.75 Å². The zero-order chi connectivity index (χ0) is 14.0. The molecule has 0 aliphatic carbocycles. The second-order valence-electron chi connectivity index (χ2n) is 4.90. The van der Waals surface area contributed by atoms with Gasteiger partial charge in [0.15, 0.2) is 0 Å². The van der Waals surface area contributed by atoms with Crippen LogP contribution in [-0.4, -0.2) is 50.1 Å². The molecule has 1 fully saturated rings. The minimum Gasteiger partial charge on any atom is -0.497 e. The minimum atomic E-state index is -0.283. The number of benzene rings is 1. The monoisotopic (exact) mass is 263 g/mol. The van der Waals surface area contributed by atoms with E-state index in [2.05, 4.69) is 4.90 Å². The lowest BCUT2D eigenvalue weighted by Crippen LogP contribution is -2.62. The summed E-state index contributed by atoms with van der Waals surface area (Å²) in [4.78, 5) is 16.1. The summed E-state index contributed by atoms with van der Waals surface area (Å²) in [7, 11) is 3.47. The summed E-state index contributed by atoms with van der Waals surface area (Å²) in [5.74, 6) is 0.888. The predicted molar refractivity (Wildman–Crippen MR) is 75.4 cm³/mol. The van der Waals surface area contributed by atoms with Crippen molar-refractivity contribution in [3.8, 4) is 5.75 Å². The molecule has 104 valence electrons. The van der Waals surface area contributed by atoms with E-state index in [0.717, 1.165) is 18.0 Å². The van der Waals surface area contributed by atoms with Crippen molar-refractivity contribution in [3.63, 3.8) is 0 Å². The fourth-order valence-electron chi connectivity index (χ4n) is 2.41. The molecule has 2 unspecified atom stereocenters. The number of piperazine rings is 1. The Bertz CT molecular complexity index is 447. The molecule has 2 atom stereocenters. The highest BCUT2D eigenvalue weighted by Crippen LogP contribution is 2.25. The topological polar surface area (TPSA) is 58.8 Å². The first-order chi connectivity index (χ1) is 9.08. The summed E-state index contributed by atoms with van der Waals surface area (Å²) in [6.07, 6.45) is 0. The average molecular weight is 263 g/mol. The smallest absolute Gasteiger partial charge is 0.246 e. The van der Waals surface area contributed by atoms with Gasteiger partial charge in [0, 0.05) is 31.9 Å². The maximum Gasteiger partial charge on any atom is 0.246 e. The lowest BCUT2D eigenvalue weighted by molar-refractivity contribution is -0.134. The Morgan fingerprint density at radius 2 is 2.00 bits per heavy atom. The van der Waals surface area contributed by atoms with Crippen LogP contribution >= 0.6 is 0 Å². The predicted octanol–water partition coefficient (Wildman–Crippen LogP) is 0.689. The average Bonchev–Trinajstić information content (AvgIpc) is 2.44. The summed E-state index contributed by atoms with van der Waals surface area (Å²) < 4.78 is 5.15. The largest absolute Gasteiger partial charge is 0.497 e. The summed E-state index contributed by atoms with van der Waals surface area (Å²) in [5, 5.41) is 0. The van der Waals surface area contributed by atoms with E-state index in [1.54, 1.807) is 12.0 Å². The second-order valence-corrected chi connectivity index (χ2v) is 4.90. The van der Waals surface area contributed by atoms with Crippen LogP contribution in [0.15, 0.2) is 24.3 Å². The van der Waals surface area contributed by atoms with Crippen molar-refractivity contribution in [1.29, 1.82) is 0 Å². The van der Waals surface area contributed by atoms with Crippen LogP contribution in [0.4, 0.5) is 5.69 Å². The number of hydrogen-bond acceptors (Lipinski definition) is 4. The number of rotatable bonds is 3. The van der Waals surface area contributed by atoms with E-state index in [1.807, 2.05) is 38.2 Å². The van der Waals surface area contributed by atoms with Gasteiger partial charge in [-0.2, -0.15) is 0 Å². The molecule has 5 heteroatoms. The molecule has 0 spiro atoms. The number of hydrogen-bond donors (Lipinski definition) is 1. The number of anilines is 1. The van der Waals surface area contributed by atoms with E-state index in [9.17, 15) is 4.79 Å². The highest BCUT2D eigenvalue weighted by Gasteiger charge is 2.35. The molecule has 1 saturated heterocycles. The molecule has 1 heterocycles. The van der Waals surface area contributed by atoms with E-state index in [-0.39, 0.29) is 18.0 Å². The van der Waals surface area contributed by atoms with Crippen LogP contribution in [0.2, 0.25) is 0 Å². The third-order valence-electron chi connectivity index (χ3n) is 3.76. The molecule has 0 radical (unpaired) electrons. The quantitative estimate of drug-likeness (QED) is 0.871. The molecule has 1 aromatic rings. The van der Waals surface area contributed by atoms with E-state index in [0.29, 0.717) is 6.54 Å². The molecule has 2 rings (SSSR count). The van der Waals surface area contributed by atoms with E-state index < -0.39 is 0 Å². The molecule has 0 bridgehead atoms. The first-order valence-electron chi connectivity index (χ1n) is 6.46. The Kier molecular flexibility index (Phi) is 3.95. The Morgan fingerprint density at radius 1 is 1.37 bits per heavy atom. The summed E-state index contributed by atoms with van der Waals surface area (Å²) in [6, 6.07) is 7.62. The van der Waals surface area contributed by atoms with Gasteiger partial charge in [0.05, 0.1) is 7.11 Å². The standard InChI is InChI=1S/C14H21N3O2/c1-10-9-17(13(8-15)14(18)16(10)2)11-4-6-12(19-3)7-5-11/h4-7,10,13H,8-9,15H2,1-3H3. The Morgan fingerprint density at radius 3 is 2.53 bits per heavy atom. The van der Waals surface area contributed by atoms with E-state index >= 15 is 0 Å². The van der Waals surface area contributed by atoms with Crippen LogP contribution in [0.3, 0.4) is 0 Å². The van der Waals surface area contributed by atoms with Crippen LogP contribution < -0.4 is 15.4 Å². The van der Waals surface area contributed by atoms with Gasteiger partial charge in [0.1, 0.15) is 11.8 Å². The zero-order valence-electron chi connectivity index (χ0n) is 11.7. The van der Waals surface area contributed by atoms with Gasteiger partial charge in [-0.15, -0.1) is 0 Å². The Labute approximate surface area is 113 Å².